The molecule has 0 aliphatic carbocycles. The molecule has 0 saturated carbocycles. The quantitative estimate of drug-likeness (QED) is 0.884. The smallest absolute Gasteiger partial charge is 0.337 e. The Morgan fingerprint density at radius 3 is 2.47 bits per heavy atom. The molecule has 0 unspecified atom stereocenters. The van der Waals surface area contributed by atoms with E-state index in [1.807, 2.05) is 6.92 Å². The SMILES string of the molecule is CCN(CC(=O)N(C)C)c1ncc(C(=O)O)cc1Cl. The summed E-state index contributed by atoms with van der Waals surface area (Å²) in [5.41, 5.74) is 0.0174. The van der Waals surface area contributed by atoms with Crippen molar-refractivity contribution in [3.8, 4) is 0 Å². The van der Waals surface area contributed by atoms with Gasteiger partial charge in [-0.3, -0.25) is 4.79 Å². The number of nitrogens with zero attached hydrogens (tertiary/aromatic N) is 3. The van der Waals surface area contributed by atoms with Gasteiger partial charge in [0, 0.05) is 26.8 Å². The summed E-state index contributed by atoms with van der Waals surface area (Å²) < 4.78 is 0. The van der Waals surface area contributed by atoms with Crippen LogP contribution in [0.4, 0.5) is 5.82 Å². The fourth-order valence-corrected chi connectivity index (χ4v) is 1.71. The molecule has 0 aliphatic heterocycles. The minimum absolute atomic E-state index is 0.0174. The average Bonchev–Trinajstić information content (AvgIpc) is 2.35. The summed E-state index contributed by atoms with van der Waals surface area (Å²) in [5, 5.41) is 9.06. The standard InChI is InChI=1S/C12H16ClN3O3/c1-4-16(7-10(17)15(2)3)11-9(13)5-8(6-14-11)12(18)19/h5-6H,4,7H2,1-3H3,(H,18,19). The predicted molar refractivity (Wildman–Crippen MR) is 72.8 cm³/mol. The Labute approximate surface area is 116 Å². The third-order valence-corrected chi connectivity index (χ3v) is 2.85. The monoisotopic (exact) mass is 285 g/mol. The van der Waals surface area contributed by atoms with Crippen molar-refractivity contribution in [2.75, 3.05) is 32.1 Å². The minimum atomic E-state index is -1.09. The van der Waals surface area contributed by atoms with Gasteiger partial charge in [-0.1, -0.05) is 11.6 Å². The molecule has 1 amide bonds. The maximum Gasteiger partial charge on any atom is 0.337 e. The second-order valence-corrected chi connectivity index (χ2v) is 4.54. The first-order valence-corrected chi connectivity index (χ1v) is 6.08. The van der Waals surface area contributed by atoms with E-state index in [1.165, 1.54) is 17.2 Å². The topological polar surface area (TPSA) is 73.7 Å². The Kier molecular flexibility index (Phi) is 5.11. The summed E-state index contributed by atoms with van der Waals surface area (Å²) in [6, 6.07) is 1.33. The van der Waals surface area contributed by atoms with Crippen LogP contribution in [-0.4, -0.2) is 54.1 Å². The van der Waals surface area contributed by atoms with Crippen LogP contribution >= 0.6 is 11.6 Å². The van der Waals surface area contributed by atoms with Gasteiger partial charge in [0.15, 0.2) is 0 Å². The molecule has 7 heteroatoms. The molecule has 6 nitrogen and oxygen atoms in total. The van der Waals surface area contributed by atoms with Crippen molar-refractivity contribution in [3.05, 3.63) is 22.8 Å². The van der Waals surface area contributed by atoms with Crippen molar-refractivity contribution in [2.45, 2.75) is 6.92 Å². The van der Waals surface area contributed by atoms with Gasteiger partial charge >= 0.3 is 5.97 Å². The Morgan fingerprint density at radius 2 is 2.05 bits per heavy atom. The van der Waals surface area contributed by atoms with Gasteiger partial charge in [-0.25, -0.2) is 9.78 Å². The van der Waals surface area contributed by atoms with Crippen molar-refractivity contribution >= 4 is 29.3 Å². The number of aromatic carboxylic acids is 1. The molecule has 0 aliphatic rings. The third-order valence-electron chi connectivity index (χ3n) is 2.57. The maximum atomic E-state index is 11.7. The van der Waals surface area contributed by atoms with Gasteiger partial charge in [0.2, 0.25) is 5.91 Å². The van der Waals surface area contributed by atoms with E-state index in [0.29, 0.717) is 12.4 Å². The van der Waals surface area contributed by atoms with E-state index in [2.05, 4.69) is 4.98 Å². The molecule has 0 atom stereocenters. The average molecular weight is 286 g/mol. The van der Waals surface area contributed by atoms with E-state index in [0.717, 1.165) is 0 Å². The highest BCUT2D eigenvalue weighted by Gasteiger charge is 2.17. The zero-order valence-corrected chi connectivity index (χ0v) is 11.8. The van der Waals surface area contributed by atoms with Crippen LogP contribution in [0.15, 0.2) is 12.3 Å². The van der Waals surface area contributed by atoms with Crippen LogP contribution in [0.1, 0.15) is 17.3 Å². The lowest BCUT2D eigenvalue weighted by Gasteiger charge is -2.24. The second-order valence-electron chi connectivity index (χ2n) is 4.14. The molecule has 1 aromatic rings. The minimum Gasteiger partial charge on any atom is -0.478 e. The van der Waals surface area contributed by atoms with Crippen LogP contribution in [-0.2, 0) is 4.79 Å². The molecular weight excluding hydrogens is 270 g/mol. The Morgan fingerprint density at radius 1 is 1.42 bits per heavy atom. The van der Waals surface area contributed by atoms with Crippen LogP contribution < -0.4 is 4.90 Å². The summed E-state index contributed by atoms with van der Waals surface area (Å²) in [4.78, 5) is 29.7. The highest BCUT2D eigenvalue weighted by molar-refractivity contribution is 6.33. The van der Waals surface area contributed by atoms with Crippen molar-refractivity contribution in [1.29, 1.82) is 0 Å². The fourth-order valence-electron chi connectivity index (χ4n) is 1.42. The Balaban J connectivity index is 2.99. The normalized spacial score (nSPS) is 10.1. The number of anilines is 1. The van der Waals surface area contributed by atoms with Gasteiger partial charge in [0.25, 0.3) is 0 Å². The van der Waals surface area contributed by atoms with Crippen molar-refractivity contribution in [2.24, 2.45) is 0 Å². The highest BCUT2D eigenvalue weighted by atomic mass is 35.5. The molecule has 19 heavy (non-hydrogen) atoms. The number of carboxylic acid groups (broad SMARTS) is 1. The zero-order chi connectivity index (χ0) is 14.6. The first kappa shape index (κ1) is 15.2. The lowest BCUT2D eigenvalue weighted by atomic mass is 10.3. The lowest BCUT2D eigenvalue weighted by Crippen LogP contribution is -2.37. The van der Waals surface area contributed by atoms with E-state index < -0.39 is 5.97 Å². The number of amides is 1. The van der Waals surface area contributed by atoms with Gasteiger partial charge in [-0.05, 0) is 13.0 Å². The molecule has 1 N–H and O–H groups in total. The highest BCUT2D eigenvalue weighted by Crippen LogP contribution is 2.24. The summed E-state index contributed by atoms with van der Waals surface area (Å²) in [7, 11) is 3.33. The number of hydrogen-bond acceptors (Lipinski definition) is 4. The van der Waals surface area contributed by atoms with Crippen molar-refractivity contribution in [1.82, 2.24) is 9.88 Å². The van der Waals surface area contributed by atoms with E-state index >= 15 is 0 Å². The Bertz CT molecular complexity index is 491. The molecule has 1 aromatic heterocycles. The van der Waals surface area contributed by atoms with E-state index in [4.69, 9.17) is 16.7 Å². The summed E-state index contributed by atoms with van der Waals surface area (Å²) in [6.45, 7) is 2.55. The molecule has 0 aromatic carbocycles. The van der Waals surface area contributed by atoms with E-state index in [9.17, 15) is 9.59 Å². The summed E-state index contributed by atoms with van der Waals surface area (Å²) >= 11 is 6.02. The van der Waals surface area contributed by atoms with Gasteiger partial charge in [-0.15, -0.1) is 0 Å². The van der Waals surface area contributed by atoms with Crippen LogP contribution in [0.2, 0.25) is 5.02 Å². The first-order chi connectivity index (χ1) is 8.86. The molecule has 0 spiro atoms. The molecule has 1 rings (SSSR count). The van der Waals surface area contributed by atoms with Gasteiger partial charge in [0.1, 0.15) is 5.82 Å². The molecule has 104 valence electrons. The number of hydrogen-bond donors (Lipinski definition) is 1. The number of likely N-dealkylation sites (N-methyl/N-ethyl adjacent to an activating group) is 2. The molecule has 1 heterocycles. The molecule has 0 bridgehead atoms. The molecular formula is C12H16ClN3O3. The van der Waals surface area contributed by atoms with Gasteiger partial charge in [0.05, 0.1) is 17.1 Å². The van der Waals surface area contributed by atoms with Gasteiger partial charge in [-0.2, -0.15) is 0 Å². The zero-order valence-electron chi connectivity index (χ0n) is 11.1. The summed E-state index contributed by atoms with van der Waals surface area (Å²) in [5.74, 6) is -0.764. The number of halogens is 1. The second kappa shape index (κ2) is 6.38. The number of rotatable bonds is 5. The third kappa shape index (κ3) is 3.82. The summed E-state index contributed by atoms with van der Waals surface area (Å²) in [6.07, 6.45) is 1.23. The van der Waals surface area contributed by atoms with Crippen LogP contribution in [0.5, 0.6) is 0 Å². The number of carboxylic acids is 1. The lowest BCUT2D eigenvalue weighted by molar-refractivity contribution is -0.127. The maximum absolute atomic E-state index is 11.7. The molecule has 0 fully saturated rings. The molecule has 0 radical (unpaired) electrons. The number of pyridine rings is 1. The van der Waals surface area contributed by atoms with Crippen molar-refractivity contribution < 1.29 is 14.7 Å². The first-order valence-electron chi connectivity index (χ1n) is 5.70. The van der Waals surface area contributed by atoms with Gasteiger partial charge < -0.3 is 14.9 Å². The Hall–Kier alpha value is -1.82. The van der Waals surface area contributed by atoms with Crippen LogP contribution in [0.25, 0.3) is 0 Å². The van der Waals surface area contributed by atoms with E-state index in [-0.39, 0.29) is 23.0 Å². The number of aromatic nitrogens is 1. The largest absolute Gasteiger partial charge is 0.478 e. The fraction of sp³-hybridized carbons (Fsp3) is 0.417. The number of carbonyl (C=O) groups excluding carboxylic acids is 1. The van der Waals surface area contributed by atoms with E-state index in [1.54, 1.807) is 19.0 Å². The van der Waals surface area contributed by atoms with Crippen LogP contribution in [0, 0.1) is 0 Å². The molecule has 0 saturated heterocycles. The predicted octanol–water partition coefficient (Wildman–Crippen LogP) is 1.35. The number of carbonyl (C=O) groups is 2. The van der Waals surface area contributed by atoms with Crippen LogP contribution in [0.3, 0.4) is 0 Å². The van der Waals surface area contributed by atoms with Crippen molar-refractivity contribution in [3.63, 3.8) is 0 Å².